The summed E-state index contributed by atoms with van der Waals surface area (Å²) in [7, 11) is 0. The zero-order valence-electron chi connectivity index (χ0n) is 9.93. The minimum absolute atomic E-state index is 0.389. The number of carboxylic acid groups (broad SMARTS) is 1. The predicted molar refractivity (Wildman–Crippen MR) is 67.0 cm³/mol. The summed E-state index contributed by atoms with van der Waals surface area (Å²) in [6.45, 7) is 0. The standard InChI is InChI=1S/C14H19NO2/c16-14(17)13(15-12-8-4-5-9-12)10-11-6-2-1-3-7-11/h1-3,6-7,12-13,15H,4-5,8-10H2,(H,16,17). The summed E-state index contributed by atoms with van der Waals surface area (Å²) in [5.41, 5.74) is 1.07. The Hall–Kier alpha value is -1.35. The van der Waals surface area contributed by atoms with Crippen LogP contribution in [-0.4, -0.2) is 23.2 Å². The number of nitrogens with one attached hydrogen (secondary N) is 1. The molecule has 1 aliphatic carbocycles. The third-order valence-corrected chi connectivity index (χ3v) is 3.37. The first-order valence-electron chi connectivity index (χ1n) is 6.28. The Labute approximate surface area is 102 Å². The Kier molecular flexibility index (Phi) is 4.15. The van der Waals surface area contributed by atoms with Crippen molar-refractivity contribution in [1.29, 1.82) is 0 Å². The molecule has 1 aromatic carbocycles. The molecular formula is C14H19NO2. The van der Waals surface area contributed by atoms with Gasteiger partial charge in [0.2, 0.25) is 0 Å². The summed E-state index contributed by atoms with van der Waals surface area (Å²) >= 11 is 0. The van der Waals surface area contributed by atoms with E-state index in [2.05, 4.69) is 5.32 Å². The van der Waals surface area contributed by atoms with E-state index in [9.17, 15) is 9.90 Å². The number of hydrogen-bond acceptors (Lipinski definition) is 2. The molecule has 3 heteroatoms. The van der Waals surface area contributed by atoms with Gasteiger partial charge >= 0.3 is 5.97 Å². The lowest BCUT2D eigenvalue weighted by atomic mass is 10.0. The summed E-state index contributed by atoms with van der Waals surface area (Å²) in [6, 6.07) is 9.73. The summed E-state index contributed by atoms with van der Waals surface area (Å²) in [5.74, 6) is -0.749. The van der Waals surface area contributed by atoms with Crippen LogP contribution in [0.1, 0.15) is 31.2 Å². The van der Waals surface area contributed by atoms with Crippen molar-refractivity contribution in [3.8, 4) is 0 Å². The van der Waals surface area contributed by atoms with Gasteiger partial charge in [-0.25, -0.2) is 0 Å². The van der Waals surface area contributed by atoms with Crippen LogP contribution in [0.5, 0.6) is 0 Å². The number of carboxylic acids is 1. The zero-order valence-corrected chi connectivity index (χ0v) is 9.93. The summed E-state index contributed by atoms with van der Waals surface area (Å²) in [4.78, 5) is 11.2. The van der Waals surface area contributed by atoms with Gasteiger partial charge in [-0.05, 0) is 24.8 Å². The van der Waals surface area contributed by atoms with Gasteiger partial charge in [0, 0.05) is 6.04 Å². The molecule has 2 N–H and O–H groups in total. The van der Waals surface area contributed by atoms with E-state index in [0.29, 0.717) is 12.5 Å². The fourth-order valence-corrected chi connectivity index (χ4v) is 2.44. The van der Waals surface area contributed by atoms with E-state index < -0.39 is 12.0 Å². The Balaban J connectivity index is 1.95. The van der Waals surface area contributed by atoms with Crippen LogP contribution in [-0.2, 0) is 11.2 Å². The van der Waals surface area contributed by atoms with Crippen molar-refractivity contribution in [2.24, 2.45) is 0 Å². The van der Waals surface area contributed by atoms with Crippen LogP contribution in [0.2, 0.25) is 0 Å². The monoisotopic (exact) mass is 233 g/mol. The van der Waals surface area contributed by atoms with Crippen molar-refractivity contribution >= 4 is 5.97 Å². The molecule has 1 saturated carbocycles. The van der Waals surface area contributed by atoms with Crippen LogP contribution in [0.25, 0.3) is 0 Å². The second-order valence-electron chi connectivity index (χ2n) is 4.73. The van der Waals surface area contributed by atoms with Gasteiger partial charge in [0.1, 0.15) is 6.04 Å². The van der Waals surface area contributed by atoms with Crippen LogP contribution in [0.3, 0.4) is 0 Å². The third-order valence-electron chi connectivity index (χ3n) is 3.37. The molecular weight excluding hydrogens is 214 g/mol. The number of rotatable bonds is 5. The smallest absolute Gasteiger partial charge is 0.321 e. The zero-order chi connectivity index (χ0) is 12.1. The van der Waals surface area contributed by atoms with Crippen LogP contribution < -0.4 is 5.32 Å². The highest BCUT2D eigenvalue weighted by molar-refractivity contribution is 5.74. The second kappa shape index (κ2) is 5.82. The van der Waals surface area contributed by atoms with E-state index >= 15 is 0 Å². The van der Waals surface area contributed by atoms with Gasteiger partial charge in [-0.3, -0.25) is 4.79 Å². The topological polar surface area (TPSA) is 49.3 Å². The maximum absolute atomic E-state index is 11.2. The van der Waals surface area contributed by atoms with Crippen LogP contribution >= 0.6 is 0 Å². The summed E-state index contributed by atoms with van der Waals surface area (Å²) in [6.07, 6.45) is 5.22. The van der Waals surface area contributed by atoms with E-state index in [1.807, 2.05) is 30.3 Å². The van der Waals surface area contributed by atoms with E-state index in [-0.39, 0.29) is 0 Å². The van der Waals surface area contributed by atoms with Crippen molar-refractivity contribution in [2.45, 2.75) is 44.2 Å². The van der Waals surface area contributed by atoms with Gasteiger partial charge in [-0.1, -0.05) is 43.2 Å². The van der Waals surface area contributed by atoms with Crippen molar-refractivity contribution in [1.82, 2.24) is 5.32 Å². The number of carbonyl (C=O) groups is 1. The molecule has 0 amide bonds. The van der Waals surface area contributed by atoms with Gasteiger partial charge < -0.3 is 10.4 Å². The van der Waals surface area contributed by atoms with E-state index in [1.54, 1.807) is 0 Å². The van der Waals surface area contributed by atoms with Gasteiger partial charge in [-0.15, -0.1) is 0 Å². The summed E-state index contributed by atoms with van der Waals surface area (Å²) < 4.78 is 0. The highest BCUT2D eigenvalue weighted by atomic mass is 16.4. The minimum Gasteiger partial charge on any atom is -0.480 e. The quantitative estimate of drug-likeness (QED) is 0.819. The molecule has 92 valence electrons. The first-order chi connectivity index (χ1) is 8.25. The molecule has 0 aliphatic heterocycles. The average Bonchev–Trinajstić information content (AvgIpc) is 2.82. The van der Waals surface area contributed by atoms with Crippen LogP contribution in [0.15, 0.2) is 30.3 Å². The molecule has 0 bridgehead atoms. The maximum atomic E-state index is 11.2. The molecule has 0 saturated heterocycles. The van der Waals surface area contributed by atoms with E-state index in [1.165, 1.54) is 12.8 Å². The minimum atomic E-state index is -0.749. The Morgan fingerprint density at radius 3 is 2.53 bits per heavy atom. The second-order valence-corrected chi connectivity index (χ2v) is 4.73. The van der Waals surface area contributed by atoms with E-state index in [4.69, 9.17) is 0 Å². The average molecular weight is 233 g/mol. The molecule has 1 atom stereocenters. The normalized spacial score (nSPS) is 18.1. The first kappa shape index (κ1) is 12.1. The molecule has 1 aliphatic rings. The summed E-state index contributed by atoms with van der Waals surface area (Å²) in [5, 5.41) is 12.5. The molecule has 0 spiro atoms. The largest absolute Gasteiger partial charge is 0.480 e. The fraction of sp³-hybridized carbons (Fsp3) is 0.500. The highest BCUT2D eigenvalue weighted by Crippen LogP contribution is 2.18. The van der Waals surface area contributed by atoms with Gasteiger partial charge in [0.25, 0.3) is 0 Å². The van der Waals surface area contributed by atoms with Gasteiger partial charge in [0.15, 0.2) is 0 Å². The Bertz CT molecular complexity index is 358. The molecule has 1 fully saturated rings. The molecule has 0 aromatic heterocycles. The van der Waals surface area contributed by atoms with Gasteiger partial charge in [-0.2, -0.15) is 0 Å². The lowest BCUT2D eigenvalue weighted by Crippen LogP contribution is -2.43. The predicted octanol–water partition coefficient (Wildman–Crippen LogP) is 2.21. The van der Waals surface area contributed by atoms with Crippen molar-refractivity contribution < 1.29 is 9.90 Å². The molecule has 0 heterocycles. The molecule has 3 nitrogen and oxygen atoms in total. The lowest BCUT2D eigenvalue weighted by Gasteiger charge is -2.19. The van der Waals surface area contributed by atoms with Crippen molar-refractivity contribution in [3.05, 3.63) is 35.9 Å². The Morgan fingerprint density at radius 2 is 1.94 bits per heavy atom. The number of hydrogen-bond donors (Lipinski definition) is 2. The lowest BCUT2D eigenvalue weighted by molar-refractivity contribution is -0.139. The SMILES string of the molecule is O=C(O)C(Cc1ccccc1)NC1CCCC1. The molecule has 17 heavy (non-hydrogen) atoms. The maximum Gasteiger partial charge on any atom is 0.321 e. The van der Waals surface area contributed by atoms with E-state index in [0.717, 1.165) is 18.4 Å². The van der Waals surface area contributed by atoms with Crippen molar-refractivity contribution in [3.63, 3.8) is 0 Å². The first-order valence-corrected chi connectivity index (χ1v) is 6.28. The number of aliphatic carboxylic acids is 1. The van der Waals surface area contributed by atoms with Gasteiger partial charge in [0.05, 0.1) is 0 Å². The van der Waals surface area contributed by atoms with Crippen molar-refractivity contribution in [2.75, 3.05) is 0 Å². The molecule has 1 unspecified atom stereocenters. The molecule has 1 aromatic rings. The fourth-order valence-electron chi connectivity index (χ4n) is 2.44. The molecule has 0 radical (unpaired) electrons. The Morgan fingerprint density at radius 1 is 1.29 bits per heavy atom. The number of benzene rings is 1. The highest BCUT2D eigenvalue weighted by Gasteiger charge is 2.23. The van der Waals surface area contributed by atoms with Crippen LogP contribution in [0, 0.1) is 0 Å². The molecule has 2 rings (SSSR count). The van der Waals surface area contributed by atoms with Crippen LogP contribution in [0.4, 0.5) is 0 Å². The third kappa shape index (κ3) is 3.56.